The van der Waals surface area contributed by atoms with Crippen LogP contribution >= 0.6 is 7.60 Å². The fourth-order valence-corrected chi connectivity index (χ4v) is 2.74. The van der Waals surface area contributed by atoms with Crippen molar-refractivity contribution in [2.75, 3.05) is 25.9 Å². The predicted octanol–water partition coefficient (Wildman–Crippen LogP) is 1.21. The van der Waals surface area contributed by atoms with E-state index in [9.17, 15) is 14.3 Å². The normalized spacial score (nSPS) is 20.8. The highest BCUT2D eigenvalue weighted by molar-refractivity contribution is 7.52. The van der Waals surface area contributed by atoms with Crippen molar-refractivity contribution in [3.8, 4) is 0 Å². The molecule has 6 nitrogen and oxygen atoms in total. The van der Waals surface area contributed by atoms with Gasteiger partial charge in [-0.1, -0.05) is 0 Å². The molecule has 0 spiro atoms. The first-order valence-corrected chi connectivity index (χ1v) is 6.65. The fourth-order valence-electron chi connectivity index (χ4n) is 1.52. The number of carbonyl (C=O) groups is 1. The van der Waals surface area contributed by atoms with Crippen LogP contribution in [0.5, 0.6) is 0 Å². The van der Waals surface area contributed by atoms with Crippen molar-refractivity contribution in [2.45, 2.75) is 13.3 Å². The van der Waals surface area contributed by atoms with Crippen molar-refractivity contribution in [3.63, 3.8) is 0 Å². The van der Waals surface area contributed by atoms with Gasteiger partial charge < -0.3 is 19.4 Å². The predicted molar refractivity (Wildman–Crippen MR) is 54.0 cm³/mol. The molecule has 1 aliphatic rings. The Morgan fingerprint density at radius 2 is 2.20 bits per heavy atom. The van der Waals surface area contributed by atoms with Crippen molar-refractivity contribution in [1.29, 1.82) is 0 Å². The quantitative estimate of drug-likeness (QED) is 0.702. The van der Waals surface area contributed by atoms with E-state index >= 15 is 0 Å². The highest BCUT2D eigenvalue weighted by atomic mass is 31.2. The number of hydrogen-bond acceptors (Lipinski definition) is 3. The molecule has 2 N–H and O–H groups in total. The molecule has 7 heteroatoms. The molecule has 0 saturated carbocycles. The van der Waals surface area contributed by atoms with E-state index in [1.165, 1.54) is 4.90 Å². The van der Waals surface area contributed by atoms with E-state index in [2.05, 4.69) is 0 Å². The van der Waals surface area contributed by atoms with Crippen LogP contribution < -0.4 is 0 Å². The van der Waals surface area contributed by atoms with Crippen LogP contribution in [0.25, 0.3) is 0 Å². The van der Waals surface area contributed by atoms with Crippen LogP contribution in [0.2, 0.25) is 0 Å². The summed E-state index contributed by atoms with van der Waals surface area (Å²) in [7, 11) is -3.44. The molecule has 15 heavy (non-hydrogen) atoms. The molecule has 0 radical (unpaired) electrons. The minimum Gasteiger partial charge on any atom is -0.465 e. The zero-order chi connectivity index (χ0) is 11.5. The molecule has 1 amide bonds. The molecule has 0 aliphatic carbocycles. The molecule has 0 aromatic carbocycles. The van der Waals surface area contributed by atoms with Crippen molar-refractivity contribution < 1.29 is 23.9 Å². The molecule has 1 heterocycles. The summed E-state index contributed by atoms with van der Waals surface area (Å²) in [6.07, 6.45) is -0.278. The van der Waals surface area contributed by atoms with Gasteiger partial charge in [0.15, 0.2) is 0 Å². The maximum absolute atomic E-state index is 11.3. The Morgan fingerprint density at radius 1 is 1.60 bits per heavy atom. The Balaban J connectivity index is 2.18. The van der Waals surface area contributed by atoms with Gasteiger partial charge in [-0.25, -0.2) is 4.79 Å². The summed E-state index contributed by atoms with van der Waals surface area (Å²) in [5, 5.41) is 8.56. The molecular weight excluding hydrogens is 221 g/mol. The summed E-state index contributed by atoms with van der Waals surface area (Å²) >= 11 is 0. The van der Waals surface area contributed by atoms with E-state index in [4.69, 9.17) is 9.63 Å². The van der Waals surface area contributed by atoms with Crippen LogP contribution in [-0.2, 0) is 9.09 Å². The lowest BCUT2D eigenvalue weighted by atomic mass is 9.98. The van der Waals surface area contributed by atoms with Crippen molar-refractivity contribution >= 4 is 13.7 Å². The van der Waals surface area contributed by atoms with Crippen molar-refractivity contribution in [3.05, 3.63) is 0 Å². The van der Waals surface area contributed by atoms with E-state index in [1.54, 1.807) is 6.92 Å². The van der Waals surface area contributed by atoms with Crippen LogP contribution in [0.4, 0.5) is 4.79 Å². The van der Waals surface area contributed by atoms with Gasteiger partial charge in [0.1, 0.15) is 0 Å². The van der Waals surface area contributed by atoms with Gasteiger partial charge in [-0.05, 0) is 19.3 Å². The second kappa shape index (κ2) is 4.96. The number of amides is 1. The van der Waals surface area contributed by atoms with Crippen LogP contribution in [0.3, 0.4) is 0 Å². The summed E-state index contributed by atoms with van der Waals surface area (Å²) in [6.45, 7) is 2.81. The highest BCUT2D eigenvalue weighted by Gasteiger charge is 2.32. The summed E-state index contributed by atoms with van der Waals surface area (Å²) in [4.78, 5) is 21.0. The highest BCUT2D eigenvalue weighted by Crippen LogP contribution is 2.43. The van der Waals surface area contributed by atoms with E-state index in [1.807, 2.05) is 0 Å². The van der Waals surface area contributed by atoms with Gasteiger partial charge in [0, 0.05) is 13.1 Å². The average molecular weight is 237 g/mol. The lowest BCUT2D eigenvalue weighted by molar-refractivity contribution is 0.0801. The Labute approximate surface area is 88.4 Å². The lowest BCUT2D eigenvalue weighted by Gasteiger charge is -2.37. The molecule has 1 fully saturated rings. The first-order valence-electron chi connectivity index (χ1n) is 4.89. The van der Waals surface area contributed by atoms with Gasteiger partial charge in [0.25, 0.3) is 0 Å². The van der Waals surface area contributed by atoms with E-state index in [0.717, 1.165) is 0 Å². The third-order valence-electron chi connectivity index (χ3n) is 2.38. The van der Waals surface area contributed by atoms with E-state index in [-0.39, 0.29) is 18.7 Å². The largest absolute Gasteiger partial charge is 0.465 e. The lowest BCUT2D eigenvalue weighted by Crippen LogP contribution is -2.49. The summed E-state index contributed by atoms with van der Waals surface area (Å²) in [6, 6.07) is 0. The molecule has 1 saturated heterocycles. The Bertz CT molecular complexity index is 276. The molecular formula is C8H16NO5P. The second-order valence-electron chi connectivity index (χ2n) is 3.62. The van der Waals surface area contributed by atoms with Crippen molar-refractivity contribution in [1.82, 2.24) is 4.90 Å². The molecule has 0 bridgehead atoms. The summed E-state index contributed by atoms with van der Waals surface area (Å²) < 4.78 is 16.0. The molecule has 1 aliphatic heterocycles. The van der Waals surface area contributed by atoms with E-state index in [0.29, 0.717) is 19.5 Å². The topological polar surface area (TPSA) is 87.1 Å². The van der Waals surface area contributed by atoms with Crippen LogP contribution in [0.1, 0.15) is 13.3 Å². The number of carboxylic acid groups (broad SMARTS) is 1. The number of hydrogen-bond donors (Lipinski definition) is 2. The number of nitrogens with zero attached hydrogens (tertiary/aromatic N) is 1. The fraction of sp³-hybridized carbons (Fsp3) is 0.875. The monoisotopic (exact) mass is 237 g/mol. The van der Waals surface area contributed by atoms with Gasteiger partial charge in [-0.2, -0.15) is 0 Å². The second-order valence-corrected chi connectivity index (χ2v) is 5.60. The molecule has 1 atom stereocenters. The Kier molecular flexibility index (Phi) is 4.13. The maximum Gasteiger partial charge on any atom is 0.407 e. The zero-order valence-corrected chi connectivity index (χ0v) is 9.52. The van der Waals surface area contributed by atoms with Gasteiger partial charge >= 0.3 is 13.7 Å². The Morgan fingerprint density at radius 3 is 2.67 bits per heavy atom. The third kappa shape index (κ3) is 3.81. The first-order chi connectivity index (χ1) is 6.94. The smallest absolute Gasteiger partial charge is 0.407 e. The van der Waals surface area contributed by atoms with Gasteiger partial charge in [0.05, 0.1) is 12.8 Å². The van der Waals surface area contributed by atoms with Gasteiger partial charge in [-0.3, -0.25) is 4.57 Å². The van der Waals surface area contributed by atoms with Gasteiger partial charge in [0.2, 0.25) is 0 Å². The zero-order valence-electron chi connectivity index (χ0n) is 8.63. The van der Waals surface area contributed by atoms with Crippen molar-refractivity contribution in [2.24, 2.45) is 5.92 Å². The van der Waals surface area contributed by atoms with Gasteiger partial charge in [-0.15, -0.1) is 0 Å². The third-order valence-corrected chi connectivity index (χ3v) is 3.86. The molecule has 1 unspecified atom stereocenters. The Hall–Kier alpha value is -0.580. The van der Waals surface area contributed by atoms with E-state index < -0.39 is 13.7 Å². The first kappa shape index (κ1) is 12.5. The van der Waals surface area contributed by atoms with Crippen LogP contribution in [-0.4, -0.2) is 46.9 Å². The number of likely N-dealkylation sites (tertiary alicyclic amines) is 1. The average Bonchev–Trinajstić information content (AvgIpc) is 1.99. The molecule has 0 aromatic heterocycles. The summed E-state index contributed by atoms with van der Waals surface area (Å²) in [5.74, 6) is 0.196. The SMILES string of the molecule is CCOP(=O)(O)CCC1CN(C(=O)O)C1. The molecule has 1 rings (SSSR count). The van der Waals surface area contributed by atoms with Crippen LogP contribution in [0, 0.1) is 5.92 Å². The molecule has 0 aromatic rings. The number of rotatable bonds is 5. The standard InChI is InChI=1S/C8H16NO5P/c1-2-14-15(12,13)4-3-7-5-9(6-7)8(10)11/h7H,2-6H2,1H3,(H,10,11)(H,12,13). The minimum absolute atomic E-state index is 0.110. The summed E-state index contributed by atoms with van der Waals surface area (Å²) in [5.41, 5.74) is 0. The minimum atomic E-state index is -3.44. The van der Waals surface area contributed by atoms with Crippen LogP contribution in [0.15, 0.2) is 0 Å². The maximum atomic E-state index is 11.3. The molecule has 88 valence electrons.